The zero-order chi connectivity index (χ0) is 42.2. The largest absolute Gasteiger partial charge is 0.457 e. The average molecular weight is 808 g/mol. The van der Waals surface area contributed by atoms with E-state index in [9.17, 15) is 0 Å². The molecule has 0 saturated carbocycles. The summed E-state index contributed by atoms with van der Waals surface area (Å²) in [6.07, 6.45) is 0. The highest BCUT2D eigenvalue weighted by Gasteiger charge is 2.51. The summed E-state index contributed by atoms with van der Waals surface area (Å²) in [6, 6.07) is 74.6. The van der Waals surface area contributed by atoms with Crippen LogP contribution in [-0.4, -0.2) is 0 Å². The molecule has 3 aliphatic carbocycles. The van der Waals surface area contributed by atoms with Gasteiger partial charge in [-0.1, -0.05) is 179 Å². The van der Waals surface area contributed by atoms with Gasteiger partial charge in [-0.3, -0.25) is 0 Å². The summed E-state index contributed by atoms with van der Waals surface area (Å²) in [5, 5.41) is 0. The molecule has 2 heteroatoms. The molecule has 1 heterocycles. The monoisotopic (exact) mass is 807 g/mol. The van der Waals surface area contributed by atoms with Gasteiger partial charge in [0.1, 0.15) is 11.5 Å². The molecule has 13 rings (SSSR count). The second-order valence-corrected chi connectivity index (χ2v) is 18.8. The summed E-state index contributed by atoms with van der Waals surface area (Å²) in [7, 11) is 0. The molecule has 9 aromatic carbocycles. The van der Waals surface area contributed by atoms with E-state index in [2.05, 4.69) is 233 Å². The Morgan fingerprint density at radius 3 is 1.27 bits per heavy atom. The summed E-state index contributed by atoms with van der Waals surface area (Å²) in [5.74, 6) is 1.80. The van der Waals surface area contributed by atoms with E-state index in [1.807, 2.05) is 0 Å². The number of fused-ring (bicyclic) bond motifs is 15. The first-order chi connectivity index (χ1) is 30.8. The minimum Gasteiger partial charge on any atom is -0.457 e. The van der Waals surface area contributed by atoms with Crippen molar-refractivity contribution < 1.29 is 4.74 Å². The van der Waals surface area contributed by atoms with Gasteiger partial charge in [0, 0.05) is 38.9 Å². The van der Waals surface area contributed by atoms with Crippen molar-refractivity contribution in [1.29, 1.82) is 0 Å². The van der Waals surface area contributed by atoms with Crippen molar-refractivity contribution in [3.8, 4) is 56.0 Å². The molecule has 4 aliphatic rings. The van der Waals surface area contributed by atoms with Crippen LogP contribution in [0.15, 0.2) is 200 Å². The summed E-state index contributed by atoms with van der Waals surface area (Å²) in [5.41, 5.74) is 23.1. The zero-order valence-corrected chi connectivity index (χ0v) is 35.9. The van der Waals surface area contributed by atoms with E-state index in [1.165, 1.54) is 89.0 Å². The van der Waals surface area contributed by atoms with Crippen LogP contribution in [0.4, 0.5) is 17.1 Å². The van der Waals surface area contributed by atoms with Gasteiger partial charge < -0.3 is 9.64 Å². The van der Waals surface area contributed by atoms with Crippen LogP contribution in [-0.2, 0) is 16.2 Å². The van der Waals surface area contributed by atoms with E-state index in [4.69, 9.17) is 4.74 Å². The predicted molar refractivity (Wildman–Crippen MR) is 259 cm³/mol. The molecule has 9 aromatic rings. The molecule has 0 unspecified atom stereocenters. The lowest BCUT2D eigenvalue weighted by Gasteiger charge is -2.39. The summed E-state index contributed by atoms with van der Waals surface area (Å²) >= 11 is 0. The van der Waals surface area contributed by atoms with E-state index >= 15 is 0 Å². The van der Waals surface area contributed by atoms with Crippen molar-refractivity contribution >= 4 is 17.1 Å². The molecule has 0 atom stereocenters. The van der Waals surface area contributed by atoms with E-state index < -0.39 is 5.41 Å². The first-order valence-corrected chi connectivity index (χ1v) is 22.3. The molecule has 1 aliphatic heterocycles. The number of ether oxygens (including phenoxy) is 1. The van der Waals surface area contributed by atoms with Gasteiger partial charge in [-0.2, -0.15) is 0 Å². The topological polar surface area (TPSA) is 12.5 Å². The van der Waals surface area contributed by atoms with Crippen LogP contribution >= 0.6 is 0 Å². The molecule has 2 nitrogen and oxygen atoms in total. The highest BCUT2D eigenvalue weighted by Crippen LogP contribution is 2.63. The molecule has 0 bridgehead atoms. The van der Waals surface area contributed by atoms with E-state index in [-0.39, 0.29) is 10.8 Å². The minimum atomic E-state index is -0.552. The lowest BCUT2D eigenvalue weighted by Crippen LogP contribution is -2.32. The molecule has 63 heavy (non-hydrogen) atoms. The third-order valence-corrected chi connectivity index (χ3v) is 15.0. The van der Waals surface area contributed by atoms with Crippen molar-refractivity contribution in [2.24, 2.45) is 0 Å². The second-order valence-electron chi connectivity index (χ2n) is 18.8. The summed E-state index contributed by atoms with van der Waals surface area (Å²) in [6.45, 7) is 9.50. The Morgan fingerprint density at radius 2 is 0.714 bits per heavy atom. The third-order valence-electron chi connectivity index (χ3n) is 15.0. The van der Waals surface area contributed by atoms with Gasteiger partial charge in [0.25, 0.3) is 0 Å². The number of benzene rings is 9. The Labute approximate surface area is 369 Å². The van der Waals surface area contributed by atoms with Crippen LogP contribution in [0.1, 0.15) is 72.2 Å². The Bertz CT molecular complexity index is 3250. The van der Waals surface area contributed by atoms with Crippen molar-refractivity contribution in [2.75, 3.05) is 4.90 Å². The van der Waals surface area contributed by atoms with Crippen LogP contribution in [0.25, 0.3) is 44.5 Å². The highest BCUT2D eigenvalue weighted by molar-refractivity contribution is 5.95. The van der Waals surface area contributed by atoms with Crippen molar-refractivity contribution in [3.63, 3.8) is 0 Å². The smallest absolute Gasteiger partial charge is 0.132 e. The maximum Gasteiger partial charge on any atom is 0.132 e. The van der Waals surface area contributed by atoms with Crippen LogP contribution in [0.2, 0.25) is 0 Å². The Balaban J connectivity index is 1.05. The van der Waals surface area contributed by atoms with Gasteiger partial charge in [-0.05, 0) is 121 Å². The molecular weight excluding hydrogens is 763 g/mol. The van der Waals surface area contributed by atoms with E-state index in [1.54, 1.807) is 0 Å². The fourth-order valence-electron chi connectivity index (χ4n) is 12.0. The SMILES string of the molecule is CC1(C)c2ccccc2-c2ccc(N(c3ccc4c(c3)C(C)(C)c3ccccc3-4)c3ccccc3-c3ccc4c(c3)C3(c5ccccc5Oc5ccccc53)c3ccccc3-4)cc21. The molecular formula is C61H45NO. The molecule has 300 valence electrons. The fraction of sp³-hybridized carbons (Fsp3) is 0.115. The molecule has 0 saturated heterocycles. The zero-order valence-electron chi connectivity index (χ0n) is 35.9. The number of rotatable bonds is 4. The molecule has 1 spiro atoms. The average Bonchev–Trinajstić information content (AvgIpc) is 3.83. The molecule has 0 fully saturated rings. The lowest BCUT2D eigenvalue weighted by atomic mass is 9.66. The maximum atomic E-state index is 6.68. The Hall–Kier alpha value is -7.42. The molecule has 0 N–H and O–H groups in total. The van der Waals surface area contributed by atoms with Crippen molar-refractivity contribution in [3.05, 3.63) is 245 Å². The third kappa shape index (κ3) is 4.79. The van der Waals surface area contributed by atoms with Crippen LogP contribution in [0.5, 0.6) is 11.5 Å². The molecule has 0 radical (unpaired) electrons. The van der Waals surface area contributed by atoms with E-state index in [0.717, 1.165) is 28.6 Å². The van der Waals surface area contributed by atoms with E-state index in [0.29, 0.717) is 0 Å². The van der Waals surface area contributed by atoms with Gasteiger partial charge in [-0.15, -0.1) is 0 Å². The van der Waals surface area contributed by atoms with Gasteiger partial charge in [0.2, 0.25) is 0 Å². The highest BCUT2D eigenvalue weighted by atomic mass is 16.5. The number of hydrogen-bond acceptors (Lipinski definition) is 2. The first kappa shape index (κ1) is 36.3. The number of nitrogens with zero attached hydrogens (tertiary/aromatic N) is 1. The normalized spacial score (nSPS) is 15.5. The van der Waals surface area contributed by atoms with Gasteiger partial charge in [-0.25, -0.2) is 0 Å². The van der Waals surface area contributed by atoms with Crippen LogP contribution < -0.4 is 9.64 Å². The Morgan fingerprint density at radius 1 is 0.317 bits per heavy atom. The molecule has 0 amide bonds. The minimum absolute atomic E-state index is 0.145. The number of para-hydroxylation sites is 3. The van der Waals surface area contributed by atoms with Crippen LogP contribution in [0.3, 0.4) is 0 Å². The number of hydrogen-bond donors (Lipinski definition) is 0. The molecule has 0 aromatic heterocycles. The lowest BCUT2D eigenvalue weighted by molar-refractivity contribution is 0.436. The first-order valence-electron chi connectivity index (χ1n) is 22.3. The quantitative estimate of drug-likeness (QED) is 0.176. The van der Waals surface area contributed by atoms with Crippen molar-refractivity contribution in [2.45, 2.75) is 43.9 Å². The van der Waals surface area contributed by atoms with Gasteiger partial charge in [0.05, 0.1) is 11.1 Å². The standard InChI is InChI=1S/C61H45NO/c1-59(2)48-21-9-5-18-42(48)45-33-30-39(36-53(45)59)62(40-31-34-46-43-19-6-10-22-49(43)60(3,4)54(46)37-40)56-26-14-8-17-41(56)38-29-32-47-44-20-7-11-23-50(44)61(55(47)35-38)51-24-12-15-27-57(51)63-58-28-16-13-25-52(58)61/h5-37H,1-4H3. The Kier molecular flexibility index (Phi) is 7.37. The second kappa shape index (κ2) is 12.8. The fourth-order valence-corrected chi connectivity index (χ4v) is 12.0. The predicted octanol–water partition coefficient (Wildman–Crippen LogP) is 15.9. The summed E-state index contributed by atoms with van der Waals surface area (Å²) in [4.78, 5) is 2.52. The maximum absolute atomic E-state index is 6.68. The summed E-state index contributed by atoms with van der Waals surface area (Å²) < 4.78 is 6.68. The van der Waals surface area contributed by atoms with Crippen LogP contribution in [0, 0.1) is 0 Å². The van der Waals surface area contributed by atoms with Crippen molar-refractivity contribution in [1.82, 2.24) is 0 Å². The van der Waals surface area contributed by atoms with Gasteiger partial charge in [0.15, 0.2) is 0 Å². The number of anilines is 3. The van der Waals surface area contributed by atoms with Gasteiger partial charge >= 0.3 is 0 Å².